The summed E-state index contributed by atoms with van der Waals surface area (Å²) in [6.07, 6.45) is 5.18. The van der Waals surface area contributed by atoms with Crippen LogP contribution in [-0.2, 0) is 14.4 Å². The summed E-state index contributed by atoms with van der Waals surface area (Å²) in [7, 11) is 0. The Morgan fingerprint density at radius 1 is 1.16 bits per heavy atom. The minimum atomic E-state index is -0.926. The van der Waals surface area contributed by atoms with Crippen LogP contribution in [-0.4, -0.2) is 52.4 Å². The Labute approximate surface area is 149 Å². The number of benzene rings is 1. The first-order valence-corrected chi connectivity index (χ1v) is 9.37. The third kappa shape index (κ3) is 3.39. The largest absolute Gasteiger partial charge is 0.334 e. The molecule has 0 unspecified atom stereocenters. The Kier molecular flexibility index (Phi) is 5.08. The van der Waals surface area contributed by atoms with Crippen molar-refractivity contribution < 1.29 is 19.2 Å². The summed E-state index contributed by atoms with van der Waals surface area (Å²) in [6, 6.07) is 6.33. The van der Waals surface area contributed by atoms with Crippen molar-refractivity contribution in [3.8, 4) is 0 Å². The number of amides is 5. The summed E-state index contributed by atoms with van der Waals surface area (Å²) in [5, 5.41) is 2.69. The minimum Gasteiger partial charge on any atom is -0.324 e. The zero-order chi connectivity index (χ0) is 18.0. The van der Waals surface area contributed by atoms with E-state index in [1.165, 1.54) is 11.8 Å². The van der Waals surface area contributed by atoms with Crippen molar-refractivity contribution in [1.82, 2.24) is 9.80 Å². The molecule has 25 heavy (non-hydrogen) atoms. The van der Waals surface area contributed by atoms with Crippen LogP contribution in [0.25, 0.3) is 0 Å². The number of carbonyl (C=O) groups is 4. The van der Waals surface area contributed by atoms with Gasteiger partial charge in [0, 0.05) is 10.9 Å². The van der Waals surface area contributed by atoms with Crippen molar-refractivity contribution in [2.45, 2.75) is 36.6 Å². The maximum absolute atomic E-state index is 12.5. The topological polar surface area (TPSA) is 86.8 Å². The maximum atomic E-state index is 12.5. The standard InChI is InChI=1S/C17H19N3O4S/c1-25-13-9-5-4-8-12(13)18-14(21)10-19-15(22)16(23)20(17(19)24)11-6-2-3-7-11/h4-5,8-9,11H,2-3,6-7,10H2,1H3,(H,18,21). The molecule has 1 N–H and O–H groups in total. The summed E-state index contributed by atoms with van der Waals surface area (Å²) in [5.74, 6) is -2.26. The zero-order valence-corrected chi connectivity index (χ0v) is 14.7. The fourth-order valence-electron chi connectivity index (χ4n) is 3.23. The molecule has 1 aromatic carbocycles. The Morgan fingerprint density at radius 2 is 1.84 bits per heavy atom. The molecule has 132 valence electrons. The molecule has 1 saturated heterocycles. The van der Waals surface area contributed by atoms with E-state index in [0.29, 0.717) is 18.5 Å². The quantitative estimate of drug-likeness (QED) is 0.493. The fraction of sp³-hybridized carbons (Fsp3) is 0.412. The Hall–Kier alpha value is -2.35. The number of carbonyl (C=O) groups excluding carboxylic acids is 4. The van der Waals surface area contributed by atoms with Crippen LogP contribution in [0.3, 0.4) is 0 Å². The Morgan fingerprint density at radius 3 is 2.52 bits per heavy atom. The van der Waals surface area contributed by atoms with E-state index in [1.807, 2.05) is 18.4 Å². The Balaban J connectivity index is 1.69. The van der Waals surface area contributed by atoms with E-state index in [9.17, 15) is 19.2 Å². The summed E-state index contributed by atoms with van der Waals surface area (Å²) < 4.78 is 0. The van der Waals surface area contributed by atoms with E-state index >= 15 is 0 Å². The molecule has 8 heteroatoms. The second-order valence-corrected chi connectivity index (χ2v) is 6.88. The second-order valence-electron chi connectivity index (χ2n) is 6.04. The molecule has 1 heterocycles. The van der Waals surface area contributed by atoms with E-state index < -0.39 is 30.3 Å². The minimum absolute atomic E-state index is 0.228. The number of anilines is 1. The number of rotatable bonds is 5. The predicted molar refractivity (Wildman–Crippen MR) is 93.1 cm³/mol. The molecule has 2 aliphatic rings. The lowest BCUT2D eigenvalue weighted by molar-refractivity contribution is -0.144. The van der Waals surface area contributed by atoms with Gasteiger partial charge in [-0.15, -0.1) is 11.8 Å². The van der Waals surface area contributed by atoms with E-state index in [1.54, 1.807) is 12.1 Å². The van der Waals surface area contributed by atoms with Crippen LogP contribution < -0.4 is 5.32 Å². The first-order valence-electron chi connectivity index (χ1n) is 8.15. The molecule has 7 nitrogen and oxygen atoms in total. The van der Waals surface area contributed by atoms with Gasteiger partial charge in [-0.1, -0.05) is 25.0 Å². The normalized spacial score (nSPS) is 18.4. The molecule has 1 saturated carbocycles. The summed E-state index contributed by atoms with van der Waals surface area (Å²) in [6.45, 7) is -0.463. The lowest BCUT2D eigenvalue weighted by Crippen LogP contribution is -2.41. The number of hydrogen-bond donors (Lipinski definition) is 1. The van der Waals surface area contributed by atoms with Gasteiger partial charge in [0.1, 0.15) is 6.54 Å². The van der Waals surface area contributed by atoms with Gasteiger partial charge in [0.15, 0.2) is 0 Å². The number of urea groups is 1. The van der Waals surface area contributed by atoms with Crippen molar-refractivity contribution >= 4 is 41.2 Å². The molecule has 0 aromatic heterocycles. The van der Waals surface area contributed by atoms with Gasteiger partial charge >= 0.3 is 17.8 Å². The molecular weight excluding hydrogens is 342 g/mol. The number of nitrogens with zero attached hydrogens (tertiary/aromatic N) is 2. The van der Waals surface area contributed by atoms with Crippen molar-refractivity contribution in [3.05, 3.63) is 24.3 Å². The Bertz CT molecular complexity index is 730. The van der Waals surface area contributed by atoms with Gasteiger partial charge in [-0.2, -0.15) is 0 Å². The highest BCUT2D eigenvalue weighted by atomic mass is 32.2. The van der Waals surface area contributed by atoms with Gasteiger partial charge in [0.05, 0.1) is 5.69 Å². The molecule has 3 rings (SSSR count). The third-order valence-corrected chi connectivity index (χ3v) is 5.25. The molecular formula is C17H19N3O4S. The van der Waals surface area contributed by atoms with E-state index in [-0.39, 0.29) is 6.04 Å². The van der Waals surface area contributed by atoms with Gasteiger partial charge in [-0.3, -0.25) is 19.3 Å². The highest BCUT2D eigenvalue weighted by molar-refractivity contribution is 7.98. The van der Waals surface area contributed by atoms with Crippen molar-refractivity contribution in [2.75, 3.05) is 18.1 Å². The third-order valence-electron chi connectivity index (χ3n) is 4.46. The number of imide groups is 2. The first-order chi connectivity index (χ1) is 12.0. The zero-order valence-electron chi connectivity index (χ0n) is 13.9. The smallest absolute Gasteiger partial charge is 0.324 e. The average molecular weight is 361 g/mol. The molecule has 2 fully saturated rings. The van der Waals surface area contributed by atoms with Crippen LogP contribution in [0, 0.1) is 0 Å². The van der Waals surface area contributed by atoms with Crippen LogP contribution in [0.4, 0.5) is 10.5 Å². The summed E-state index contributed by atoms with van der Waals surface area (Å²) in [5.41, 5.74) is 0.609. The molecule has 5 amide bonds. The van der Waals surface area contributed by atoms with Gasteiger partial charge in [-0.25, -0.2) is 9.69 Å². The van der Waals surface area contributed by atoms with Crippen LogP contribution in [0.1, 0.15) is 25.7 Å². The van der Waals surface area contributed by atoms with Crippen molar-refractivity contribution in [2.24, 2.45) is 0 Å². The summed E-state index contributed by atoms with van der Waals surface area (Å²) >= 11 is 1.47. The lowest BCUT2D eigenvalue weighted by atomic mass is 10.2. The SMILES string of the molecule is CSc1ccccc1NC(=O)CN1C(=O)C(=O)N(C2CCCC2)C1=O. The lowest BCUT2D eigenvalue weighted by Gasteiger charge is -2.21. The van der Waals surface area contributed by atoms with Gasteiger partial charge in [0.2, 0.25) is 5.91 Å². The van der Waals surface area contributed by atoms with E-state index in [0.717, 1.165) is 27.5 Å². The second kappa shape index (κ2) is 7.26. The highest BCUT2D eigenvalue weighted by Gasteiger charge is 2.48. The average Bonchev–Trinajstić information content (AvgIpc) is 3.19. The number of thioether (sulfide) groups is 1. The molecule has 0 atom stereocenters. The molecule has 0 spiro atoms. The van der Waals surface area contributed by atoms with Gasteiger partial charge < -0.3 is 5.32 Å². The van der Waals surface area contributed by atoms with Crippen molar-refractivity contribution in [1.29, 1.82) is 0 Å². The van der Waals surface area contributed by atoms with Crippen LogP contribution in [0.15, 0.2) is 29.2 Å². The number of nitrogens with one attached hydrogen (secondary N) is 1. The molecule has 1 aliphatic heterocycles. The molecule has 1 aliphatic carbocycles. The van der Waals surface area contributed by atoms with Crippen LogP contribution in [0.2, 0.25) is 0 Å². The van der Waals surface area contributed by atoms with E-state index in [2.05, 4.69) is 5.32 Å². The van der Waals surface area contributed by atoms with E-state index in [4.69, 9.17) is 0 Å². The van der Waals surface area contributed by atoms with Gasteiger partial charge in [-0.05, 0) is 31.2 Å². The fourth-order valence-corrected chi connectivity index (χ4v) is 3.78. The first kappa shape index (κ1) is 17.5. The summed E-state index contributed by atoms with van der Waals surface area (Å²) in [4.78, 5) is 51.6. The predicted octanol–water partition coefficient (Wildman–Crippen LogP) is 2.08. The molecule has 0 bridgehead atoms. The maximum Gasteiger partial charge on any atom is 0.334 e. The van der Waals surface area contributed by atoms with Crippen LogP contribution >= 0.6 is 11.8 Å². The number of hydrogen-bond acceptors (Lipinski definition) is 5. The number of para-hydroxylation sites is 1. The molecule has 1 aromatic rings. The van der Waals surface area contributed by atoms with Gasteiger partial charge in [0.25, 0.3) is 0 Å². The van der Waals surface area contributed by atoms with Crippen LogP contribution in [0.5, 0.6) is 0 Å². The van der Waals surface area contributed by atoms with Crippen molar-refractivity contribution in [3.63, 3.8) is 0 Å². The monoisotopic (exact) mass is 361 g/mol. The molecule has 0 radical (unpaired) electrons. The highest BCUT2D eigenvalue weighted by Crippen LogP contribution is 2.28.